The highest BCUT2D eigenvalue weighted by molar-refractivity contribution is 6.30. The number of hydrogen-bond donors (Lipinski definition) is 1. The molecule has 1 aliphatic heterocycles. The van der Waals surface area contributed by atoms with Gasteiger partial charge in [-0.1, -0.05) is 17.7 Å². The quantitative estimate of drug-likeness (QED) is 0.646. The Morgan fingerprint density at radius 3 is 3.00 bits per heavy atom. The van der Waals surface area contributed by atoms with Crippen LogP contribution in [0.2, 0.25) is 5.02 Å². The van der Waals surface area contributed by atoms with Gasteiger partial charge in [0.25, 0.3) is 0 Å². The van der Waals surface area contributed by atoms with Crippen molar-refractivity contribution in [2.45, 2.75) is 13.0 Å². The van der Waals surface area contributed by atoms with Crippen LogP contribution in [0.3, 0.4) is 0 Å². The van der Waals surface area contributed by atoms with Crippen LogP contribution in [0.4, 0.5) is 0 Å². The Labute approximate surface area is 75.5 Å². The van der Waals surface area contributed by atoms with Crippen LogP contribution in [-0.2, 0) is 17.8 Å². The van der Waals surface area contributed by atoms with E-state index in [0.717, 1.165) is 5.56 Å². The zero-order valence-electron chi connectivity index (χ0n) is 6.43. The first-order valence-corrected chi connectivity index (χ1v) is 4.17. The number of fused-ring (bicyclic) bond motifs is 1. The Morgan fingerprint density at radius 1 is 1.33 bits per heavy atom. The van der Waals surface area contributed by atoms with E-state index in [0.29, 0.717) is 18.0 Å². The van der Waals surface area contributed by atoms with Gasteiger partial charge in [-0.15, -0.1) is 0 Å². The van der Waals surface area contributed by atoms with Gasteiger partial charge in [-0.2, -0.15) is 0 Å². The second-order valence-electron chi connectivity index (χ2n) is 2.87. The molecule has 0 unspecified atom stereocenters. The molecule has 12 heavy (non-hydrogen) atoms. The third-order valence-corrected chi connectivity index (χ3v) is 2.23. The van der Waals surface area contributed by atoms with Crippen LogP contribution in [0, 0.1) is 0 Å². The molecule has 1 aromatic carbocycles. The van der Waals surface area contributed by atoms with Crippen molar-refractivity contribution in [1.82, 2.24) is 5.32 Å². The third-order valence-electron chi connectivity index (χ3n) is 2.00. The highest BCUT2D eigenvalue weighted by Crippen LogP contribution is 2.18. The van der Waals surface area contributed by atoms with Gasteiger partial charge >= 0.3 is 0 Å². The molecule has 0 bridgehead atoms. The van der Waals surface area contributed by atoms with Crippen molar-refractivity contribution in [3.05, 3.63) is 34.3 Å². The van der Waals surface area contributed by atoms with E-state index in [9.17, 15) is 4.79 Å². The van der Waals surface area contributed by atoms with Crippen LogP contribution < -0.4 is 5.32 Å². The summed E-state index contributed by atoms with van der Waals surface area (Å²) in [4.78, 5) is 11.0. The molecule has 0 radical (unpaired) electrons. The molecular weight excluding hydrogens is 174 g/mol. The average molecular weight is 182 g/mol. The van der Waals surface area contributed by atoms with E-state index in [-0.39, 0.29) is 5.91 Å². The van der Waals surface area contributed by atoms with E-state index in [2.05, 4.69) is 5.32 Å². The Balaban J connectivity index is 2.44. The first-order chi connectivity index (χ1) is 5.75. The molecule has 0 spiro atoms. The Hall–Kier alpha value is -1.02. The smallest absolute Gasteiger partial charge is 0.224 e. The number of hydrogen-bond acceptors (Lipinski definition) is 1. The highest BCUT2D eigenvalue weighted by Gasteiger charge is 2.13. The lowest BCUT2D eigenvalue weighted by Gasteiger charge is -2.16. The van der Waals surface area contributed by atoms with Crippen LogP contribution in [0.5, 0.6) is 0 Å². The number of benzene rings is 1. The Kier molecular flexibility index (Phi) is 1.77. The molecule has 0 fully saturated rings. The minimum atomic E-state index is 0.0739. The van der Waals surface area contributed by atoms with E-state index in [1.807, 2.05) is 18.2 Å². The van der Waals surface area contributed by atoms with Gasteiger partial charge in [0, 0.05) is 11.6 Å². The maximum Gasteiger partial charge on any atom is 0.224 e. The molecule has 3 heteroatoms. The zero-order valence-corrected chi connectivity index (χ0v) is 7.19. The van der Waals surface area contributed by atoms with Crippen LogP contribution in [0.25, 0.3) is 0 Å². The minimum Gasteiger partial charge on any atom is -0.352 e. The van der Waals surface area contributed by atoms with Crippen LogP contribution in [0.15, 0.2) is 18.2 Å². The molecule has 1 heterocycles. The Bertz CT molecular complexity index is 335. The summed E-state index contributed by atoms with van der Waals surface area (Å²) >= 11 is 5.79. The molecule has 0 aromatic heterocycles. The predicted molar refractivity (Wildman–Crippen MR) is 47.0 cm³/mol. The second-order valence-corrected chi connectivity index (χ2v) is 3.30. The second kappa shape index (κ2) is 2.79. The van der Waals surface area contributed by atoms with Gasteiger partial charge in [-0.3, -0.25) is 4.79 Å². The molecule has 0 saturated heterocycles. The van der Waals surface area contributed by atoms with Crippen LogP contribution >= 0.6 is 11.6 Å². The fourth-order valence-corrected chi connectivity index (χ4v) is 1.56. The van der Waals surface area contributed by atoms with E-state index in [4.69, 9.17) is 11.6 Å². The normalized spacial score (nSPS) is 15.2. The minimum absolute atomic E-state index is 0.0739. The zero-order chi connectivity index (χ0) is 8.55. The van der Waals surface area contributed by atoms with Crippen molar-refractivity contribution in [3.63, 3.8) is 0 Å². The standard InChI is InChI=1S/C9H8ClNO/c10-8-2-1-6-5-11-9(12)4-7(6)3-8/h1-3H,4-5H2,(H,11,12). The fourth-order valence-electron chi connectivity index (χ4n) is 1.36. The lowest BCUT2D eigenvalue weighted by molar-refractivity contribution is -0.121. The predicted octanol–water partition coefficient (Wildman–Crippen LogP) is 1.51. The molecule has 0 atom stereocenters. The monoisotopic (exact) mass is 181 g/mol. The van der Waals surface area contributed by atoms with E-state index in [1.54, 1.807) is 0 Å². The van der Waals surface area contributed by atoms with Crippen molar-refractivity contribution in [1.29, 1.82) is 0 Å². The SMILES string of the molecule is O=C1Cc2cc(Cl)ccc2CN1. The number of halogens is 1. The molecule has 2 nitrogen and oxygen atoms in total. The van der Waals surface area contributed by atoms with Gasteiger partial charge in [-0.05, 0) is 23.3 Å². The van der Waals surface area contributed by atoms with Crippen LogP contribution in [0.1, 0.15) is 11.1 Å². The van der Waals surface area contributed by atoms with Crippen LogP contribution in [-0.4, -0.2) is 5.91 Å². The average Bonchev–Trinajstić information content (AvgIpc) is 2.03. The van der Waals surface area contributed by atoms with Crippen molar-refractivity contribution in [3.8, 4) is 0 Å². The molecule has 62 valence electrons. The Morgan fingerprint density at radius 2 is 2.17 bits per heavy atom. The summed E-state index contributed by atoms with van der Waals surface area (Å²) in [6.07, 6.45) is 0.454. The van der Waals surface area contributed by atoms with Gasteiger partial charge in [0.05, 0.1) is 6.42 Å². The van der Waals surface area contributed by atoms with Gasteiger partial charge in [0.1, 0.15) is 0 Å². The van der Waals surface area contributed by atoms with Crippen molar-refractivity contribution in [2.75, 3.05) is 0 Å². The van der Waals surface area contributed by atoms with Gasteiger partial charge < -0.3 is 5.32 Å². The van der Waals surface area contributed by atoms with E-state index < -0.39 is 0 Å². The highest BCUT2D eigenvalue weighted by atomic mass is 35.5. The van der Waals surface area contributed by atoms with E-state index >= 15 is 0 Å². The van der Waals surface area contributed by atoms with Gasteiger partial charge in [0.15, 0.2) is 0 Å². The number of rotatable bonds is 0. The molecule has 1 amide bonds. The summed E-state index contributed by atoms with van der Waals surface area (Å²) in [5, 5.41) is 3.47. The topological polar surface area (TPSA) is 29.1 Å². The maximum atomic E-state index is 11.0. The lowest BCUT2D eigenvalue weighted by atomic mass is 10.0. The summed E-state index contributed by atoms with van der Waals surface area (Å²) in [6.45, 7) is 0.630. The largest absolute Gasteiger partial charge is 0.352 e. The molecule has 1 aromatic rings. The molecule has 1 aliphatic rings. The van der Waals surface area contributed by atoms with Gasteiger partial charge in [0.2, 0.25) is 5.91 Å². The molecule has 0 aliphatic carbocycles. The maximum absolute atomic E-state index is 11.0. The molecule has 2 rings (SSSR count). The fraction of sp³-hybridized carbons (Fsp3) is 0.222. The number of nitrogens with one attached hydrogen (secondary N) is 1. The summed E-state index contributed by atoms with van der Waals surface area (Å²) in [5.41, 5.74) is 2.21. The first kappa shape index (κ1) is 7.62. The van der Waals surface area contributed by atoms with Crippen molar-refractivity contribution >= 4 is 17.5 Å². The molecular formula is C9H8ClNO. The van der Waals surface area contributed by atoms with Crippen molar-refractivity contribution < 1.29 is 4.79 Å². The molecule has 1 N–H and O–H groups in total. The van der Waals surface area contributed by atoms with E-state index in [1.165, 1.54) is 5.56 Å². The van der Waals surface area contributed by atoms with Crippen molar-refractivity contribution in [2.24, 2.45) is 0 Å². The number of carbonyl (C=O) groups excluding carboxylic acids is 1. The summed E-state index contributed by atoms with van der Waals surface area (Å²) in [5.74, 6) is 0.0739. The molecule has 0 saturated carbocycles. The number of carbonyl (C=O) groups is 1. The number of amides is 1. The van der Waals surface area contributed by atoms with Gasteiger partial charge in [-0.25, -0.2) is 0 Å². The summed E-state index contributed by atoms with van der Waals surface area (Å²) < 4.78 is 0. The lowest BCUT2D eigenvalue weighted by Crippen LogP contribution is -2.30. The summed E-state index contributed by atoms with van der Waals surface area (Å²) in [6, 6.07) is 5.66. The third kappa shape index (κ3) is 1.30. The summed E-state index contributed by atoms with van der Waals surface area (Å²) in [7, 11) is 0. The first-order valence-electron chi connectivity index (χ1n) is 3.80.